The molecule has 0 unspecified atom stereocenters. The van der Waals surface area contributed by atoms with Crippen molar-refractivity contribution in [1.29, 1.82) is 0 Å². The van der Waals surface area contributed by atoms with E-state index >= 15 is 0 Å². The van der Waals surface area contributed by atoms with Crippen LogP contribution in [0.25, 0.3) is 0 Å². The zero-order valence-electron chi connectivity index (χ0n) is 8.19. The van der Waals surface area contributed by atoms with E-state index < -0.39 is 0 Å². The van der Waals surface area contributed by atoms with Crippen LogP contribution in [-0.2, 0) is 16.1 Å². The second-order valence-corrected chi connectivity index (χ2v) is 2.73. The molecule has 0 fully saturated rings. The zero-order valence-corrected chi connectivity index (χ0v) is 8.19. The Kier molecular flexibility index (Phi) is 4.64. The number of carbonyl (C=O) groups is 1. The van der Waals surface area contributed by atoms with Crippen LogP contribution in [0.1, 0.15) is 12.6 Å². The van der Waals surface area contributed by atoms with Gasteiger partial charge >= 0.3 is 5.97 Å². The SMILES string of the molecule is CCOC(=O)CNCc1ccccn1. The van der Waals surface area contributed by atoms with E-state index in [1.807, 2.05) is 18.2 Å². The molecule has 1 aromatic rings. The average Bonchev–Trinajstić information content (AvgIpc) is 2.20. The number of esters is 1. The summed E-state index contributed by atoms with van der Waals surface area (Å²) in [7, 11) is 0. The first-order valence-corrected chi connectivity index (χ1v) is 4.59. The molecule has 1 rings (SSSR count). The molecule has 1 aromatic heterocycles. The Labute approximate surface area is 83.3 Å². The van der Waals surface area contributed by atoms with Gasteiger partial charge in [0.15, 0.2) is 0 Å². The van der Waals surface area contributed by atoms with Gasteiger partial charge in [-0.25, -0.2) is 0 Å². The topological polar surface area (TPSA) is 51.2 Å². The smallest absolute Gasteiger partial charge is 0.319 e. The van der Waals surface area contributed by atoms with Gasteiger partial charge in [0.1, 0.15) is 0 Å². The molecule has 0 amide bonds. The van der Waals surface area contributed by atoms with Gasteiger partial charge < -0.3 is 10.1 Å². The number of hydrogen-bond acceptors (Lipinski definition) is 4. The molecule has 4 nitrogen and oxygen atoms in total. The third-order valence-electron chi connectivity index (χ3n) is 1.61. The molecule has 0 aliphatic carbocycles. The van der Waals surface area contributed by atoms with Gasteiger partial charge in [0, 0.05) is 12.7 Å². The number of ether oxygens (including phenoxy) is 1. The Hall–Kier alpha value is -1.42. The Balaban J connectivity index is 2.19. The van der Waals surface area contributed by atoms with Crippen molar-refractivity contribution in [1.82, 2.24) is 10.3 Å². The van der Waals surface area contributed by atoms with Gasteiger partial charge in [-0.1, -0.05) is 6.07 Å². The second-order valence-electron chi connectivity index (χ2n) is 2.73. The molecule has 0 saturated heterocycles. The fraction of sp³-hybridized carbons (Fsp3) is 0.400. The van der Waals surface area contributed by atoms with E-state index in [1.165, 1.54) is 0 Å². The third-order valence-corrected chi connectivity index (χ3v) is 1.61. The lowest BCUT2D eigenvalue weighted by Gasteiger charge is -2.03. The van der Waals surface area contributed by atoms with Crippen LogP contribution < -0.4 is 5.32 Å². The molecular weight excluding hydrogens is 180 g/mol. The third kappa shape index (κ3) is 4.00. The van der Waals surface area contributed by atoms with Crippen molar-refractivity contribution in [3.8, 4) is 0 Å². The lowest BCUT2D eigenvalue weighted by Crippen LogP contribution is -2.24. The lowest BCUT2D eigenvalue weighted by molar-refractivity contribution is -0.142. The standard InChI is InChI=1S/C10H14N2O2/c1-2-14-10(13)8-11-7-9-5-3-4-6-12-9/h3-6,11H,2,7-8H2,1H3. The Morgan fingerprint density at radius 1 is 1.57 bits per heavy atom. The number of hydrogen-bond donors (Lipinski definition) is 1. The van der Waals surface area contributed by atoms with Crippen LogP contribution in [0.5, 0.6) is 0 Å². The monoisotopic (exact) mass is 194 g/mol. The first kappa shape index (κ1) is 10.7. The normalized spacial score (nSPS) is 9.79. The number of rotatable bonds is 5. The van der Waals surface area contributed by atoms with Crippen LogP contribution in [0.4, 0.5) is 0 Å². The molecule has 4 heteroatoms. The minimum Gasteiger partial charge on any atom is -0.465 e. The Morgan fingerprint density at radius 2 is 2.43 bits per heavy atom. The average molecular weight is 194 g/mol. The van der Waals surface area contributed by atoms with Gasteiger partial charge in [-0.3, -0.25) is 9.78 Å². The highest BCUT2D eigenvalue weighted by Gasteiger charge is 2.00. The number of carbonyl (C=O) groups excluding carboxylic acids is 1. The summed E-state index contributed by atoms with van der Waals surface area (Å²) in [5.74, 6) is -0.233. The summed E-state index contributed by atoms with van der Waals surface area (Å²) in [5.41, 5.74) is 0.914. The zero-order chi connectivity index (χ0) is 10.2. The number of aromatic nitrogens is 1. The summed E-state index contributed by atoms with van der Waals surface area (Å²) < 4.78 is 4.76. The van der Waals surface area contributed by atoms with E-state index in [2.05, 4.69) is 10.3 Å². The summed E-state index contributed by atoms with van der Waals surface area (Å²) in [6, 6.07) is 5.67. The molecular formula is C10H14N2O2. The van der Waals surface area contributed by atoms with Crippen LogP contribution >= 0.6 is 0 Å². The molecule has 0 aliphatic rings. The van der Waals surface area contributed by atoms with Gasteiger partial charge in [0.2, 0.25) is 0 Å². The fourth-order valence-electron chi connectivity index (χ4n) is 1.01. The minimum atomic E-state index is -0.233. The molecule has 0 bridgehead atoms. The van der Waals surface area contributed by atoms with E-state index in [1.54, 1.807) is 13.1 Å². The summed E-state index contributed by atoms with van der Waals surface area (Å²) in [5, 5.41) is 2.95. The van der Waals surface area contributed by atoms with Crippen LogP contribution in [0.2, 0.25) is 0 Å². The van der Waals surface area contributed by atoms with Crippen molar-refractivity contribution in [3.63, 3.8) is 0 Å². The molecule has 14 heavy (non-hydrogen) atoms. The Morgan fingerprint density at radius 3 is 3.07 bits per heavy atom. The largest absolute Gasteiger partial charge is 0.465 e. The van der Waals surface area contributed by atoms with Gasteiger partial charge in [-0.2, -0.15) is 0 Å². The molecule has 0 radical (unpaired) electrons. The molecule has 0 atom stereocenters. The Bertz CT molecular complexity index is 275. The highest BCUT2D eigenvalue weighted by molar-refractivity contribution is 5.71. The van der Waals surface area contributed by atoms with Crippen molar-refractivity contribution in [2.24, 2.45) is 0 Å². The quantitative estimate of drug-likeness (QED) is 0.702. The van der Waals surface area contributed by atoms with Crippen LogP contribution in [0.15, 0.2) is 24.4 Å². The van der Waals surface area contributed by atoms with Gasteiger partial charge in [-0.05, 0) is 19.1 Å². The highest BCUT2D eigenvalue weighted by Crippen LogP contribution is 1.91. The second kappa shape index (κ2) is 6.10. The molecule has 0 saturated carbocycles. The maximum absolute atomic E-state index is 10.9. The summed E-state index contributed by atoms with van der Waals surface area (Å²) >= 11 is 0. The summed E-state index contributed by atoms with van der Waals surface area (Å²) in [6.07, 6.45) is 1.72. The van der Waals surface area contributed by atoms with Crippen LogP contribution in [-0.4, -0.2) is 24.1 Å². The van der Waals surface area contributed by atoms with Gasteiger partial charge in [0.25, 0.3) is 0 Å². The van der Waals surface area contributed by atoms with Crippen molar-refractivity contribution < 1.29 is 9.53 Å². The van der Waals surface area contributed by atoms with Gasteiger partial charge in [0.05, 0.1) is 18.8 Å². The van der Waals surface area contributed by atoms with E-state index in [4.69, 9.17) is 4.74 Å². The molecule has 1 N–H and O–H groups in total. The van der Waals surface area contributed by atoms with E-state index in [0.29, 0.717) is 13.2 Å². The van der Waals surface area contributed by atoms with E-state index in [-0.39, 0.29) is 12.5 Å². The summed E-state index contributed by atoms with van der Waals surface area (Å²) in [4.78, 5) is 15.0. The van der Waals surface area contributed by atoms with Crippen LogP contribution in [0.3, 0.4) is 0 Å². The predicted octanol–water partition coefficient (Wildman–Crippen LogP) is 0.734. The number of nitrogens with one attached hydrogen (secondary N) is 1. The van der Waals surface area contributed by atoms with Gasteiger partial charge in [-0.15, -0.1) is 0 Å². The molecule has 0 spiro atoms. The van der Waals surface area contributed by atoms with Crippen molar-refractivity contribution in [2.45, 2.75) is 13.5 Å². The minimum absolute atomic E-state index is 0.227. The van der Waals surface area contributed by atoms with Crippen molar-refractivity contribution in [2.75, 3.05) is 13.2 Å². The predicted molar refractivity (Wildman–Crippen MR) is 52.6 cm³/mol. The highest BCUT2D eigenvalue weighted by atomic mass is 16.5. The first-order valence-electron chi connectivity index (χ1n) is 4.59. The number of nitrogens with zero attached hydrogens (tertiary/aromatic N) is 1. The maximum atomic E-state index is 10.9. The number of pyridine rings is 1. The summed E-state index contributed by atoms with van der Waals surface area (Å²) in [6.45, 7) is 3.02. The maximum Gasteiger partial charge on any atom is 0.319 e. The first-order chi connectivity index (χ1) is 6.83. The van der Waals surface area contributed by atoms with Crippen molar-refractivity contribution >= 4 is 5.97 Å². The van der Waals surface area contributed by atoms with E-state index in [0.717, 1.165) is 5.69 Å². The molecule has 76 valence electrons. The van der Waals surface area contributed by atoms with Crippen molar-refractivity contribution in [3.05, 3.63) is 30.1 Å². The lowest BCUT2D eigenvalue weighted by atomic mass is 10.3. The molecule has 1 heterocycles. The molecule has 0 aromatic carbocycles. The molecule has 0 aliphatic heterocycles. The van der Waals surface area contributed by atoms with E-state index in [9.17, 15) is 4.79 Å². The fourth-order valence-corrected chi connectivity index (χ4v) is 1.01. The van der Waals surface area contributed by atoms with Crippen LogP contribution in [0, 0.1) is 0 Å².